The molecule has 10 heteroatoms. The third-order valence-corrected chi connectivity index (χ3v) is 7.61. The summed E-state index contributed by atoms with van der Waals surface area (Å²) in [4.78, 5) is 0.0500. The van der Waals surface area contributed by atoms with Crippen LogP contribution in [0.25, 0.3) is 0 Å². The van der Waals surface area contributed by atoms with E-state index in [9.17, 15) is 16.8 Å². The molecule has 0 fully saturated rings. The highest BCUT2D eigenvalue weighted by Crippen LogP contribution is 2.28. The van der Waals surface area contributed by atoms with E-state index in [0.29, 0.717) is 14.5 Å². The van der Waals surface area contributed by atoms with Gasteiger partial charge in [0.15, 0.2) is 0 Å². The van der Waals surface area contributed by atoms with Gasteiger partial charge in [-0.15, -0.1) is 0 Å². The van der Waals surface area contributed by atoms with Gasteiger partial charge in [-0.05, 0) is 65.8 Å². The number of hydrogen-bond acceptors (Lipinski definition) is 4. The van der Waals surface area contributed by atoms with Crippen LogP contribution in [0.3, 0.4) is 0 Å². The first-order valence-electron chi connectivity index (χ1n) is 6.59. The summed E-state index contributed by atoms with van der Waals surface area (Å²) >= 11 is 6.43. The number of hydrogen-bond donors (Lipinski definition) is 2. The van der Waals surface area contributed by atoms with Crippen molar-refractivity contribution in [3.63, 3.8) is 0 Å². The molecule has 2 aromatic carbocycles. The summed E-state index contributed by atoms with van der Waals surface area (Å²) in [6.45, 7) is 1.63. The van der Waals surface area contributed by atoms with Crippen LogP contribution < -0.4 is 9.44 Å². The Hall–Kier alpha value is -0.940. The van der Waals surface area contributed by atoms with Crippen LogP contribution in [0, 0.1) is 6.92 Å². The summed E-state index contributed by atoms with van der Waals surface area (Å²) in [6, 6.07) is 9.08. The molecule has 0 aliphatic heterocycles. The summed E-state index contributed by atoms with van der Waals surface area (Å²) in [6.07, 6.45) is 0. The molecule has 2 aromatic rings. The molecule has 0 radical (unpaired) electrons. The average molecular weight is 498 g/mol. The van der Waals surface area contributed by atoms with Crippen molar-refractivity contribution in [3.05, 3.63) is 50.9 Å². The maximum absolute atomic E-state index is 12.6. The van der Waals surface area contributed by atoms with Gasteiger partial charge in [0.2, 0.25) is 10.0 Å². The Kier molecular flexibility index (Phi) is 5.75. The lowest BCUT2D eigenvalue weighted by atomic mass is 10.2. The maximum Gasteiger partial charge on any atom is 0.263 e. The Balaban J connectivity index is 2.48. The van der Waals surface area contributed by atoms with Gasteiger partial charge in [0.25, 0.3) is 10.0 Å². The molecule has 0 amide bonds. The summed E-state index contributed by atoms with van der Waals surface area (Å²) in [5, 5.41) is 0. The van der Waals surface area contributed by atoms with Crippen LogP contribution in [0.4, 0.5) is 5.69 Å². The Morgan fingerprint density at radius 2 is 1.54 bits per heavy atom. The SMILES string of the molecule is CNS(=O)(=O)c1cc(NS(=O)(=O)c2cc(Br)ccc2Br)ccc1C. The minimum Gasteiger partial charge on any atom is -0.280 e. The van der Waals surface area contributed by atoms with Crippen molar-refractivity contribution in [2.45, 2.75) is 16.7 Å². The number of sulfonamides is 2. The molecule has 0 aliphatic rings. The van der Waals surface area contributed by atoms with E-state index in [0.717, 1.165) is 0 Å². The third-order valence-electron chi connectivity index (χ3n) is 3.18. The summed E-state index contributed by atoms with van der Waals surface area (Å²) < 4.78 is 54.8. The zero-order valence-electron chi connectivity index (χ0n) is 12.7. The number of benzene rings is 2. The van der Waals surface area contributed by atoms with Crippen molar-refractivity contribution in [3.8, 4) is 0 Å². The molecule has 130 valence electrons. The standard InChI is InChI=1S/C14H14Br2N2O4S2/c1-9-3-5-11(8-13(9)23(19,20)17-2)18-24(21,22)14-7-10(15)4-6-12(14)16/h3-8,17-18H,1-2H3. The molecule has 2 rings (SSSR count). The largest absolute Gasteiger partial charge is 0.280 e. The lowest BCUT2D eigenvalue weighted by Crippen LogP contribution is -2.20. The predicted molar refractivity (Wildman–Crippen MR) is 100 cm³/mol. The zero-order valence-corrected chi connectivity index (χ0v) is 17.5. The van der Waals surface area contributed by atoms with Gasteiger partial charge in [-0.1, -0.05) is 22.0 Å². The van der Waals surface area contributed by atoms with Crippen LogP contribution in [0.1, 0.15) is 5.56 Å². The molecule has 0 atom stereocenters. The van der Waals surface area contributed by atoms with E-state index in [2.05, 4.69) is 41.3 Å². The molecule has 0 heterocycles. The molecule has 2 N–H and O–H groups in total. The van der Waals surface area contributed by atoms with Crippen molar-refractivity contribution in [2.24, 2.45) is 0 Å². The summed E-state index contributed by atoms with van der Waals surface area (Å²) in [5.41, 5.74) is 0.664. The Bertz CT molecular complexity index is 990. The van der Waals surface area contributed by atoms with E-state index in [1.165, 1.54) is 31.3 Å². The first-order chi connectivity index (χ1) is 11.1. The Labute approximate surface area is 158 Å². The second kappa shape index (κ2) is 7.12. The third kappa shape index (κ3) is 4.17. The van der Waals surface area contributed by atoms with E-state index in [4.69, 9.17) is 0 Å². The molecule has 0 saturated heterocycles. The first-order valence-corrected chi connectivity index (χ1v) is 11.1. The Morgan fingerprint density at radius 3 is 2.17 bits per heavy atom. The van der Waals surface area contributed by atoms with Crippen LogP contribution in [0.5, 0.6) is 0 Å². The fourth-order valence-electron chi connectivity index (χ4n) is 1.96. The molecule has 24 heavy (non-hydrogen) atoms. The number of anilines is 1. The van der Waals surface area contributed by atoms with Crippen LogP contribution in [0.2, 0.25) is 0 Å². The summed E-state index contributed by atoms with van der Waals surface area (Å²) in [7, 11) is -6.28. The molecule has 0 spiro atoms. The molecule has 0 unspecified atom stereocenters. The lowest BCUT2D eigenvalue weighted by molar-refractivity contribution is 0.587. The highest BCUT2D eigenvalue weighted by atomic mass is 79.9. The van der Waals surface area contributed by atoms with Crippen molar-refractivity contribution >= 4 is 57.6 Å². The van der Waals surface area contributed by atoms with Crippen molar-refractivity contribution in [1.82, 2.24) is 4.72 Å². The van der Waals surface area contributed by atoms with Crippen molar-refractivity contribution < 1.29 is 16.8 Å². The predicted octanol–water partition coefficient (Wildman–Crippen LogP) is 3.23. The molecule has 6 nitrogen and oxygen atoms in total. The molecule has 0 aliphatic carbocycles. The molecular formula is C14H14Br2N2O4S2. The number of halogens is 2. The smallest absolute Gasteiger partial charge is 0.263 e. The van der Waals surface area contributed by atoms with Gasteiger partial charge in [-0.25, -0.2) is 21.6 Å². The number of rotatable bonds is 5. The minimum atomic E-state index is -3.89. The number of nitrogens with one attached hydrogen (secondary N) is 2. The van der Waals surface area contributed by atoms with Gasteiger partial charge in [-0.3, -0.25) is 4.72 Å². The number of aryl methyl sites for hydroxylation is 1. The van der Waals surface area contributed by atoms with E-state index in [-0.39, 0.29) is 15.5 Å². The van der Waals surface area contributed by atoms with Crippen LogP contribution in [-0.2, 0) is 20.0 Å². The highest BCUT2D eigenvalue weighted by molar-refractivity contribution is 9.11. The quantitative estimate of drug-likeness (QED) is 0.663. The van der Waals surface area contributed by atoms with E-state index < -0.39 is 20.0 Å². The normalized spacial score (nSPS) is 12.2. The van der Waals surface area contributed by atoms with Crippen LogP contribution in [-0.4, -0.2) is 23.9 Å². The molecule has 0 aromatic heterocycles. The van der Waals surface area contributed by atoms with Gasteiger partial charge < -0.3 is 0 Å². The van der Waals surface area contributed by atoms with Crippen molar-refractivity contribution in [1.29, 1.82) is 0 Å². The Morgan fingerprint density at radius 1 is 0.875 bits per heavy atom. The fourth-order valence-corrected chi connectivity index (χ4v) is 5.50. The fraction of sp³-hybridized carbons (Fsp3) is 0.143. The van der Waals surface area contributed by atoms with Gasteiger partial charge in [0.05, 0.1) is 10.6 Å². The molecular weight excluding hydrogens is 484 g/mol. The van der Waals surface area contributed by atoms with Gasteiger partial charge in [-0.2, -0.15) is 0 Å². The minimum absolute atomic E-state index is 0.0125. The van der Waals surface area contributed by atoms with E-state index >= 15 is 0 Å². The molecule has 0 saturated carbocycles. The second-order valence-corrected chi connectivity index (χ2v) is 10.1. The lowest BCUT2D eigenvalue weighted by Gasteiger charge is -2.13. The van der Waals surface area contributed by atoms with Crippen LogP contribution in [0.15, 0.2) is 55.1 Å². The topological polar surface area (TPSA) is 92.3 Å². The van der Waals surface area contributed by atoms with Gasteiger partial charge in [0, 0.05) is 8.95 Å². The zero-order chi connectivity index (χ0) is 18.1. The van der Waals surface area contributed by atoms with Gasteiger partial charge >= 0.3 is 0 Å². The average Bonchev–Trinajstić information content (AvgIpc) is 2.51. The highest BCUT2D eigenvalue weighted by Gasteiger charge is 2.20. The van der Waals surface area contributed by atoms with E-state index in [1.807, 2.05) is 0 Å². The monoisotopic (exact) mass is 496 g/mol. The summed E-state index contributed by atoms with van der Waals surface area (Å²) in [5.74, 6) is 0. The first kappa shape index (κ1) is 19.4. The van der Waals surface area contributed by atoms with E-state index in [1.54, 1.807) is 19.1 Å². The van der Waals surface area contributed by atoms with Gasteiger partial charge in [0.1, 0.15) is 4.90 Å². The molecule has 0 bridgehead atoms. The maximum atomic E-state index is 12.6. The van der Waals surface area contributed by atoms with Crippen molar-refractivity contribution in [2.75, 3.05) is 11.8 Å². The second-order valence-electron chi connectivity index (χ2n) is 4.87. The van der Waals surface area contributed by atoms with Crippen LogP contribution >= 0.6 is 31.9 Å².